The average Bonchev–Trinajstić information content (AvgIpc) is 2.44. The van der Waals surface area contributed by atoms with Crippen LogP contribution in [0.1, 0.15) is 13.8 Å². The molecule has 100 valence electrons. The first-order chi connectivity index (χ1) is 9.54. The van der Waals surface area contributed by atoms with Crippen LogP contribution in [-0.4, -0.2) is 10.8 Å². The summed E-state index contributed by atoms with van der Waals surface area (Å²) in [5.41, 5.74) is -0.381. The molecule has 0 aliphatic rings. The van der Waals surface area contributed by atoms with E-state index in [1.807, 2.05) is 36.4 Å². The molecule has 0 atom stereocenters. The fourth-order valence-corrected chi connectivity index (χ4v) is 2.29. The van der Waals surface area contributed by atoms with Gasteiger partial charge in [0.2, 0.25) is 0 Å². The van der Waals surface area contributed by atoms with Gasteiger partial charge in [-0.15, -0.1) is 0 Å². The monoisotopic (exact) mass is 264 g/mol. The van der Waals surface area contributed by atoms with E-state index >= 15 is 0 Å². The Labute approximate surface area is 117 Å². The number of rotatable bonds is 2. The standard InChI is InChI=1S/C17H16N2O/c1-17(2,20)19-18-16-11-12-7-3-4-8-13(12)14-9-5-6-10-15(14)16/h3-11,20H,1-2H3. The predicted octanol–water partition coefficient (Wildman–Crippen LogP) is 4.81. The van der Waals surface area contributed by atoms with E-state index in [9.17, 15) is 5.11 Å². The number of benzene rings is 3. The molecule has 0 aliphatic carbocycles. The third-order valence-electron chi connectivity index (χ3n) is 3.15. The van der Waals surface area contributed by atoms with Gasteiger partial charge in [0.1, 0.15) is 0 Å². The van der Waals surface area contributed by atoms with Gasteiger partial charge in [-0.3, -0.25) is 0 Å². The molecule has 0 unspecified atom stereocenters. The lowest BCUT2D eigenvalue weighted by Crippen LogP contribution is -2.12. The molecule has 3 aromatic carbocycles. The van der Waals surface area contributed by atoms with Gasteiger partial charge in [0, 0.05) is 5.39 Å². The molecule has 0 saturated carbocycles. The Hall–Kier alpha value is -2.26. The van der Waals surface area contributed by atoms with Crippen molar-refractivity contribution in [1.29, 1.82) is 0 Å². The fourth-order valence-electron chi connectivity index (χ4n) is 2.29. The maximum absolute atomic E-state index is 9.70. The Morgan fingerprint density at radius 3 is 2.15 bits per heavy atom. The van der Waals surface area contributed by atoms with Gasteiger partial charge in [-0.25, -0.2) is 0 Å². The zero-order valence-corrected chi connectivity index (χ0v) is 11.5. The Bertz CT molecular complexity index is 801. The van der Waals surface area contributed by atoms with E-state index in [2.05, 4.69) is 28.4 Å². The second-order valence-electron chi connectivity index (χ2n) is 5.36. The number of nitrogens with zero attached hydrogens (tertiary/aromatic N) is 2. The number of aliphatic hydroxyl groups is 1. The molecular weight excluding hydrogens is 248 g/mol. The van der Waals surface area contributed by atoms with Gasteiger partial charge in [-0.05, 0) is 36.1 Å². The van der Waals surface area contributed by atoms with E-state index in [-0.39, 0.29) is 0 Å². The van der Waals surface area contributed by atoms with Crippen molar-refractivity contribution in [3.63, 3.8) is 0 Å². The smallest absolute Gasteiger partial charge is 0.170 e. The predicted molar refractivity (Wildman–Crippen MR) is 82.3 cm³/mol. The van der Waals surface area contributed by atoms with Crippen molar-refractivity contribution in [2.24, 2.45) is 10.2 Å². The summed E-state index contributed by atoms with van der Waals surface area (Å²) >= 11 is 0. The van der Waals surface area contributed by atoms with E-state index in [4.69, 9.17) is 0 Å². The lowest BCUT2D eigenvalue weighted by molar-refractivity contribution is 0.0832. The van der Waals surface area contributed by atoms with Crippen LogP contribution in [0.3, 0.4) is 0 Å². The molecule has 3 heteroatoms. The molecular formula is C17H16N2O. The van der Waals surface area contributed by atoms with Gasteiger partial charge in [-0.2, -0.15) is 10.2 Å². The molecule has 20 heavy (non-hydrogen) atoms. The van der Waals surface area contributed by atoms with Gasteiger partial charge in [0.05, 0.1) is 5.69 Å². The lowest BCUT2D eigenvalue weighted by Gasteiger charge is -2.10. The van der Waals surface area contributed by atoms with Crippen molar-refractivity contribution in [1.82, 2.24) is 0 Å². The third-order valence-corrected chi connectivity index (χ3v) is 3.15. The molecule has 3 rings (SSSR count). The van der Waals surface area contributed by atoms with Crippen molar-refractivity contribution in [3.05, 3.63) is 54.6 Å². The molecule has 3 aromatic rings. The van der Waals surface area contributed by atoms with Crippen LogP contribution in [0.5, 0.6) is 0 Å². The first-order valence-corrected chi connectivity index (χ1v) is 6.60. The summed E-state index contributed by atoms with van der Waals surface area (Å²) in [4.78, 5) is 0. The highest BCUT2D eigenvalue weighted by Crippen LogP contribution is 2.34. The zero-order valence-electron chi connectivity index (χ0n) is 11.5. The molecule has 0 radical (unpaired) electrons. The third kappa shape index (κ3) is 2.40. The van der Waals surface area contributed by atoms with Gasteiger partial charge < -0.3 is 5.11 Å². The van der Waals surface area contributed by atoms with Gasteiger partial charge in [0.15, 0.2) is 5.72 Å². The van der Waals surface area contributed by atoms with E-state index < -0.39 is 5.72 Å². The summed E-state index contributed by atoms with van der Waals surface area (Å²) in [6, 6.07) is 18.3. The number of hydrogen-bond donors (Lipinski definition) is 1. The minimum atomic E-state index is -1.16. The van der Waals surface area contributed by atoms with Crippen LogP contribution in [0.15, 0.2) is 64.8 Å². The molecule has 0 bridgehead atoms. The van der Waals surface area contributed by atoms with Gasteiger partial charge >= 0.3 is 0 Å². The second kappa shape index (κ2) is 4.69. The summed E-state index contributed by atoms with van der Waals surface area (Å²) in [5.74, 6) is 0. The first-order valence-electron chi connectivity index (χ1n) is 6.60. The van der Waals surface area contributed by atoms with Crippen LogP contribution in [0.4, 0.5) is 5.69 Å². The first kappa shape index (κ1) is 12.8. The van der Waals surface area contributed by atoms with Crippen LogP contribution >= 0.6 is 0 Å². The normalized spacial score (nSPS) is 12.6. The lowest BCUT2D eigenvalue weighted by atomic mass is 10.0. The summed E-state index contributed by atoms with van der Waals surface area (Å²) in [6.07, 6.45) is 0. The van der Waals surface area contributed by atoms with Gasteiger partial charge in [0.25, 0.3) is 0 Å². The Morgan fingerprint density at radius 2 is 1.45 bits per heavy atom. The maximum Gasteiger partial charge on any atom is 0.170 e. The number of azo groups is 1. The highest BCUT2D eigenvalue weighted by Gasteiger charge is 2.10. The van der Waals surface area contributed by atoms with Crippen LogP contribution in [0.25, 0.3) is 21.5 Å². The number of fused-ring (bicyclic) bond motifs is 3. The van der Waals surface area contributed by atoms with E-state index in [0.29, 0.717) is 0 Å². The van der Waals surface area contributed by atoms with Gasteiger partial charge in [-0.1, -0.05) is 48.5 Å². The van der Waals surface area contributed by atoms with Crippen molar-refractivity contribution < 1.29 is 5.11 Å². The highest BCUT2D eigenvalue weighted by molar-refractivity contribution is 6.12. The molecule has 3 nitrogen and oxygen atoms in total. The Balaban J connectivity index is 2.32. The van der Waals surface area contributed by atoms with Crippen LogP contribution < -0.4 is 0 Å². The Morgan fingerprint density at radius 1 is 0.850 bits per heavy atom. The summed E-state index contributed by atoms with van der Waals surface area (Å²) in [6.45, 7) is 3.22. The minimum absolute atomic E-state index is 0.779. The molecule has 0 heterocycles. The van der Waals surface area contributed by atoms with Crippen molar-refractivity contribution in [2.75, 3.05) is 0 Å². The van der Waals surface area contributed by atoms with Crippen LogP contribution in [-0.2, 0) is 0 Å². The molecule has 0 saturated heterocycles. The second-order valence-corrected chi connectivity index (χ2v) is 5.36. The average molecular weight is 264 g/mol. The minimum Gasteiger partial charge on any atom is -0.368 e. The summed E-state index contributed by atoms with van der Waals surface area (Å²) < 4.78 is 0. The summed E-state index contributed by atoms with van der Waals surface area (Å²) in [5, 5.41) is 22.4. The number of hydrogen-bond acceptors (Lipinski definition) is 3. The largest absolute Gasteiger partial charge is 0.368 e. The van der Waals surface area contributed by atoms with E-state index in [1.165, 1.54) is 5.39 Å². The topological polar surface area (TPSA) is 45.0 Å². The SMILES string of the molecule is CC(C)(O)N=Nc1cc2ccccc2c2ccccc12. The molecule has 1 N–H and O–H groups in total. The van der Waals surface area contributed by atoms with Crippen LogP contribution in [0.2, 0.25) is 0 Å². The van der Waals surface area contributed by atoms with Crippen molar-refractivity contribution in [3.8, 4) is 0 Å². The maximum atomic E-state index is 9.70. The fraction of sp³-hybridized carbons (Fsp3) is 0.176. The summed E-state index contributed by atoms with van der Waals surface area (Å²) in [7, 11) is 0. The van der Waals surface area contributed by atoms with Crippen molar-refractivity contribution >= 4 is 27.2 Å². The van der Waals surface area contributed by atoms with E-state index in [0.717, 1.165) is 21.8 Å². The molecule has 0 aliphatic heterocycles. The zero-order chi connectivity index (χ0) is 14.2. The molecule has 0 fully saturated rings. The van der Waals surface area contributed by atoms with E-state index in [1.54, 1.807) is 13.8 Å². The molecule has 0 spiro atoms. The Kier molecular flexibility index (Phi) is 2.99. The highest BCUT2D eigenvalue weighted by atomic mass is 16.3. The molecule has 0 aromatic heterocycles. The van der Waals surface area contributed by atoms with Crippen molar-refractivity contribution in [2.45, 2.75) is 19.6 Å². The van der Waals surface area contributed by atoms with Crippen LogP contribution in [0, 0.1) is 0 Å². The quantitative estimate of drug-likeness (QED) is 0.524. The molecule has 0 amide bonds.